The van der Waals surface area contributed by atoms with Gasteiger partial charge in [0.1, 0.15) is 10.8 Å². The van der Waals surface area contributed by atoms with E-state index in [0.29, 0.717) is 34.2 Å². The quantitative estimate of drug-likeness (QED) is 0.210. The van der Waals surface area contributed by atoms with Gasteiger partial charge in [0.15, 0.2) is 16.6 Å². The summed E-state index contributed by atoms with van der Waals surface area (Å²) >= 11 is 4.99. The number of ether oxygens (including phenoxy) is 1. The molecule has 0 radical (unpaired) electrons. The van der Waals surface area contributed by atoms with E-state index in [2.05, 4.69) is 15.3 Å². The minimum atomic E-state index is -2.34. The molecule has 12 heteroatoms. The molecule has 0 spiro atoms. The number of halogens is 2. The summed E-state index contributed by atoms with van der Waals surface area (Å²) in [5, 5.41) is 13.8. The fourth-order valence-corrected chi connectivity index (χ4v) is 5.48. The van der Waals surface area contributed by atoms with E-state index in [4.69, 9.17) is 22.1 Å². The van der Waals surface area contributed by atoms with Gasteiger partial charge in [-0.05, 0) is 79.1 Å². The Morgan fingerprint density at radius 2 is 2.08 bits per heavy atom. The zero-order chi connectivity index (χ0) is 28.1. The number of hydrogen-bond acceptors (Lipinski definition) is 9. The Morgan fingerprint density at radius 3 is 2.72 bits per heavy atom. The molecule has 4 N–H and O–H groups in total. The smallest absolute Gasteiger partial charge is 0.180 e. The second-order valence-electron chi connectivity index (χ2n) is 9.00. The van der Waals surface area contributed by atoms with Crippen molar-refractivity contribution in [3.05, 3.63) is 75.5 Å². The molecule has 1 fully saturated rings. The van der Waals surface area contributed by atoms with Crippen LogP contribution in [-0.4, -0.2) is 30.9 Å². The predicted molar refractivity (Wildman–Crippen MR) is 152 cm³/mol. The molecule has 206 valence electrons. The maximum atomic E-state index is 13.2. The number of benzene rings is 2. The predicted octanol–water partition coefficient (Wildman–Crippen LogP) is 6.09. The fourth-order valence-electron chi connectivity index (χ4n) is 3.87. The topological polar surface area (TPSA) is 133 Å². The fraction of sp³-hybridized carbons (Fsp3) is 0.259. The lowest BCUT2D eigenvalue weighted by molar-refractivity contribution is 0.371. The van der Waals surface area contributed by atoms with Crippen LogP contribution in [0.5, 0.6) is 11.5 Å². The second kappa shape index (κ2) is 12.7. The van der Waals surface area contributed by atoms with Crippen molar-refractivity contribution < 1.29 is 23.0 Å². The summed E-state index contributed by atoms with van der Waals surface area (Å²) in [4.78, 5) is 9.41. The largest absolute Gasteiger partial charge is 0.767 e. The molecule has 2 aromatic heterocycles. The van der Waals surface area contributed by atoms with Crippen LogP contribution < -0.4 is 15.8 Å². The number of aryl methyl sites for hydroxylation is 1. The maximum Gasteiger partial charge on any atom is 0.180 e. The number of methoxy groups -OCH3 is 1. The summed E-state index contributed by atoms with van der Waals surface area (Å²) in [5.74, 6) is 0.835. The molecular weight excluding hydrogens is 563 g/mol. The zero-order valence-corrected chi connectivity index (χ0v) is 23.6. The zero-order valence-electron chi connectivity index (χ0n) is 21.2. The number of anilines is 2. The third kappa shape index (κ3) is 7.45. The molecule has 0 amide bonds. The van der Waals surface area contributed by atoms with E-state index < -0.39 is 16.9 Å². The highest BCUT2D eigenvalue weighted by Crippen LogP contribution is 2.39. The van der Waals surface area contributed by atoms with Crippen LogP contribution in [0.25, 0.3) is 11.3 Å². The molecule has 0 saturated heterocycles. The minimum absolute atomic E-state index is 0.0322. The van der Waals surface area contributed by atoms with Crippen molar-refractivity contribution in [2.75, 3.05) is 18.2 Å². The van der Waals surface area contributed by atoms with E-state index in [1.807, 2.05) is 0 Å². The Morgan fingerprint density at radius 1 is 1.31 bits per heavy atom. The summed E-state index contributed by atoms with van der Waals surface area (Å²) in [6, 6.07) is 11.6. The number of aromatic nitrogens is 2. The van der Waals surface area contributed by atoms with Gasteiger partial charge in [-0.2, -0.15) is 0 Å². The Labute approximate surface area is 237 Å². The van der Waals surface area contributed by atoms with E-state index in [9.17, 15) is 18.3 Å². The van der Waals surface area contributed by atoms with Gasteiger partial charge in [0, 0.05) is 22.5 Å². The standard InChI is InChI=1S/C14H16N2O4S.C13H12ClFN2S/c1-9-6-11(8-16-14(9)21(18)19)15-7-10-4-3-5-12(20-2)13(10)17;14-9-6-8(3-4-10(9)15)12-11(5-7-1-2-7)18-13(16)17-12/h3-6,8,15,17H,7H2,1-2H3,(H,18,19);3-4,6-7H,1-2,5H2,(H2,16,17)/p-1. The lowest BCUT2D eigenvalue weighted by Gasteiger charge is -2.12. The number of nitrogens with two attached hydrogens (primary N) is 1. The summed E-state index contributed by atoms with van der Waals surface area (Å²) < 4.78 is 40.0. The van der Waals surface area contributed by atoms with Crippen molar-refractivity contribution in [3.8, 4) is 22.8 Å². The molecule has 39 heavy (non-hydrogen) atoms. The van der Waals surface area contributed by atoms with Crippen LogP contribution in [0.4, 0.5) is 15.2 Å². The summed E-state index contributed by atoms with van der Waals surface area (Å²) in [6.45, 7) is 2.04. The lowest BCUT2D eigenvalue weighted by Crippen LogP contribution is -2.03. The monoisotopic (exact) mass is 589 g/mol. The summed E-state index contributed by atoms with van der Waals surface area (Å²) in [7, 11) is 1.49. The van der Waals surface area contributed by atoms with Gasteiger partial charge in [0.05, 0.1) is 29.7 Å². The Hall–Kier alpha value is -3.25. The van der Waals surface area contributed by atoms with Crippen molar-refractivity contribution in [2.24, 2.45) is 5.92 Å². The van der Waals surface area contributed by atoms with Crippen LogP contribution in [0.3, 0.4) is 0 Å². The first-order valence-corrected chi connectivity index (χ1v) is 14.3. The van der Waals surface area contributed by atoms with Crippen LogP contribution in [0.1, 0.15) is 28.8 Å². The average molecular weight is 590 g/mol. The van der Waals surface area contributed by atoms with E-state index in [1.54, 1.807) is 43.3 Å². The molecule has 1 aliphatic rings. The molecule has 8 nitrogen and oxygen atoms in total. The van der Waals surface area contributed by atoms with E-state index in [1.165, 1.54) is 48.4 Å². The number of rotatable bonds is 8. The highest BCUT2D eigenvalue weighted by molar-refractivity contribution is 7.79. The van der Waals surface area contributed by atoms with Gasteiger partial charge >= 0.3 is 0 Å². The molecule has 1 saturated carbocycles. The second-order valence-corrected chi connectivity index (χ2v) is 11.4. The van der Waals surface area contributed by atoms with E-state index >= 15 is 0 Å². The van der Waals surface area contributed by atoms with Gasteiger partial charge < -0.3 is 25.4 Å². The molecule has 0 bridgehead atoms. The molecule has 2 aromatic carbocycles. The minimum Gasteiger partial charge on any atom is -0.767 e. The van der Waals surface area contributed by atoms with Crippen molar-refractivity contribution in [1.29, 1.82) is 0 Å². The number of hydrogen-bond donors (Lipinski definition) is 3. The third-order valence-electron chi connectivity index (χ3n) is 6.05. The van der Waals surface area contributed by atoms with E-state index in [-0.39, 0.29) is 15.8 Å². The summed E-state index contributed by atoms with van der Waals surface area (Å²) in [5.41, 5.74) is 9.37. The van der Waals surface area contributed by atoms with Gasteiger partial charge in [-0.1, -0.05) is 23.7 Å². The lowest BCUT2D eigenvalue weighted by atomic mass is 10.1. The molecule has 5 rings (SSSR count). The number of phenols is 1. The van der Waals surface area contributed by atoms with Crippen molar-refractivity contribution in [1.82, 2.24) is 9.97 Å². The van der Waals surface area contributed by atoms with Crippen LogP contribution in [0.15, 0.2) is 53.7 Å². The number of nitrogens with one attached hydrogen (secondary N) is 1. The third-order valence-corrected chi connectivity index (χ3v) is 7.99. The number of pyridine rings is 1. The van der Waals surface area contributed by atoms with Gasteiger partial charge in [-0.3, -0.25) is 4.21 Å². The first-order valence-electron chi connectivity index (χ1n) is 12.0. The van der Waals surface area contributed by atoms with Crippen molar-refractivity contribution >= 4 is 44.8 Å². The highest BCUT2D eigenvalue weighted by atomic mass is 35.5. The number of thiazole rings is 1. The van der Waals surface area contributed by atoms with Crippen molar-refractivity contribution in [2.45, 2.75) is 37.8 Å². The number of para-hydroxylation sites is 1. The Bertz CT molecular complexity index is 1500. The molecule has 1 atom stereocenters. The van der Waals surface area contributed by atoms with Crippen LogP contribution >= 0.6 is 22.9 Å². The van der Waals surface area contributed by atoms with Gasteiger partial charge in [-0.15, -0.1) is 11.3 Å². The van der Waals surface area contributed by atoms with Crippen LogP contribution in [-0.2, 0) is 24.0 Å². The highest BCUT2D eigenvalue weighted by Gasteiger charge is 2.25. The number of nitrogen functional groups attached to an aromatic ring is 1. The van der Waals surface area contributed by atoms with Crippen LogP contribution in [0.2, 0.25) is 5.02 Å². The molecule has 1 unspecified atom stereocenters. The Kier molecular flexibility index (Phi) is 9.39. The first kappa shape index (κ1) is 28.8. The maximum absolute atomic E-state index is 13.2. The summed E-state index contributed by atoms with van der Waals surface area (Å²) in [6.07, 6.45) is 5.01. The van der Waals surface area contributed by atoms with Gasteiger partial charge in [0.2, 0.25) is 0 Å². The SMILES string of the molecule is COc1cccc(CNc2cnc(S(=O)[O-])c(C)c2)c1O.Nc1nc(-c2ccc(F)c(Cl)c2)c(CC2CC2)s1. The van der Waals surface area contributed by atoms with Crippen molar-refractivity contribution in [3.63, 3.8) is 0 Å². The van der Waals surface area contributed by atoms with Crippen LogP contribution in [0, 0.1) is 18.7 Å². The number of phenolic OH excluding ortho intramolecular Hbond substituents is 1. The van der Waals surface area contributed by atoms with Gasteiger partial charge in [-0.25, -0.2) is 14.4 Å². The van der Waals surface area contributed by atoms with E-state index in [0.717, 1.165) is 23.6 Å². The van der Waals surface area contributed by atoms with Gasteiger partial charge in [0.25, 0.3) is 0 Å². The number of aromatic hydroxyl groups is 1. The molecule has 2 heterocycles. The Balaban J connectivity index is 0.000000183. The molecule has 1 aliphatic carbocycles. The normalized spacial score (nSPS) is 13.4. The first-order chi connectivity index (χ1) is 18.7. The molecular formula is C27H27ClFN4O4S2-. The molecule has 0 aliphatic heterocycles. The number of nitrogens with zero attached hydrogens (tertiary/aromatic N) is 2. The molecule has 4 aromatic rings. The average Bonchev–Trinajstić information content (AvgIpc) is 3.64.